The van der Waals surface area contributed by atoms with Crippen molar-refractivity contribution >= 4 is 39.7 Å². The summed E-state index contributed by atoms with van der Waals surface area (Å²) in [5, 5.41) is 0. The Hall–Kier alpha value is 0.0200. The fraction of sp³-hybridized carbons (Fsp3) is 0.400. The van der Waals surface area contributed by atoms with Crippen LogP contribution in [0.4, 0.5) is 0 Å². The van der Waals surface area contributed by atoms with Crippen LogP contribution >= 0.6 is 29.6 Å². The minimum Gasteiger partial charge on any atom is -0.345 e. The van der Waals surface area contributed by atoms with E-state index >= 15 is 0 Å². The number of aryl methyl sites for hydroxylation is 1. The average Bonchev–Trinajstić information content (AvgIpc) is 2.33. The molecule has 1 aromatic carbocycles. The molecule has 1 rings (SSSR count). The number of benzene rings is 1. The summed E-state index contributed by atoms with van der Waals surface area (Å²) in [6.07, 6.45) is -0.688. The first-order valence-corrected chi connectivity index (χ1v) is 10.7. The molecule has 0 fully saturated rings. The maximum absolute atomic E-state index is 12.1. The molecule has 0 radical (unpaired) electrons. The SMILES string of the molecule is CCSSc1cccc(C)c1S(=O)(=O)OC[PH](=O)O. The van der Waals surface area contributed by atoms with E-state index in [1.54, 1.807) is 25.1 Å². The zero-order valence-electron chi connectivity index (χ0n) is 10.5. The van der Waals surface area contributed by atoms with Crippen LogP contribution in [-0.4, -0.2) is 25.4 Å². The molecule has 0 heterocycles. The summed E-state index contributed by atoms with van der Waals surface area (Å²) in [7, 11) is -4.13. The largest absolute Gasteiger partial charge is 0.345 e. The molecule has 108 valence electrons. The van der Waals surface area contributed by atoms with E-state index in [1.807, 2.05) is 6.92 Å². The van der Waals surface area contributed by atoms with Gasteiger partial charge in [0.1, 0.15) is 11.2 Å². The topological polar surface area (TPSA) is 80.7 Å². The van der Waals surface area contributed by atoms with Crippen LogP contribution in [-0.2, 0) is 18.9 Å². The highest BCUT2D eigenvalue weighted by Crippen LogP contribution is 2.37. The Morgan fingerprint density at radius 3 is 2.68 bits per heavy atom. The van der Waals surface area contributed by atoms with Crippen LogP contribution in [0.25, 0.3) is 0 Å². The van der Waals surface area contributed by atoms with E-state index in [9.17, 15) is 13.0 Å². The quantitative estimate of drug-likeness (QED) is 0.463. The highest BCUT2D eigenvalue weighted by atomic mass is 33.1. The van der Waals surface area contributed by atoms with Gasteiger partial charge in [-0.1, -0.05) is 40.6 Å². The average molecular weight is 342 g/mol. The molecule has 0 aromatic heterocycles. The van der Waals surface area contributed by atoms with Crippen molar-refractivity contribution in [3.05, 3.63) is 23.8 Å². The lowest BCUT2D eigenvalue weighted by Gasteiger charge is -2.11. The lowest BCUT2D eigenvalue weighted by molar-refractivity contribution is 0.354. The van der Waals surface area contributed by atoms with Crippen molar-refractivity contribution < 1.29 is 22.1 Å². The molecule has 0 bridgehead atoms. The molecule has 1 aromatic rings. The summed E-state index contributed by atoms with van der Waals surface area (Å²) in [4.78, 5) is 9.34. The maximum Gasteiger partial charge on any atom is 0.298 e. The second-order valence-electron chi connectivity index (χ2n) is 3.50. The Balaban J connectivity index is 3.12. The van der Waals surface area contributed by atoms with E-state index in [1.165, 1.54) is 21.6 Å². The van der Waals surface area contributed by atoms with Crippen LogP contribution in [0.3, 0.4) is 0 Å². The molecule has 0 aliphatic heterocycles. The van der Waals surface area contributed by atoms with Gasteiger partial charge in [0.05, 0.1) is 0 Å². The Kier molecular flexibility index (Phi) is 6.93. The second kappa shape index (κ2) is 7.71. The van der Waals surface area contributed by atoms with Gasteiger partial charge in [0, 0.05) is 10.6 Å². The Labute approximate surface area is 121 Å². The van der Waals surface area contributed by atoms with Gasteiger partial charge in [0.2, 0.25) is 8.03 Å². The lowest BCUT2D eigenvalue weighted by Crippen LogP contribution is -2.09. The van der Waals surface area contributed by atoms with Gasteiger partial charge in [-0.2, -0.15) is 8.42 Å². The van der Waals surface area contributed by atoms with Crippen LogP contribution in [0.2, 0.25) is 0 Å². The van der Waals surface area contributed by atoms with Crippen LogP contribution < -0.4 is 0 Å². The molecule has 0 saturated carbocycles. The molecule has 1 N–H and O–H groups in total. The molecule has 5 nitrogen and oxygen atoms in total. The van der Waals surface area contributed by atoms with Crippen LogP contribution in [0.15, 0.2) is 28.0 Å². The Morgan fingerprint density at radius 1 is 1.42 bits per heavy atom. The van der Waals surface area contributed by atoms with E-state index in [0.29, 0.717) is 10.5 Å². The summed E-state index contributed by atoms with van der Waals surface area (Å²) in [6.45, 7) is 3.63. The molecule has 0 aliphatic carbocycles. The minimum atomic E-state index is -4.02. The smallest absolute Gasteiger partial charge is 0.298 e. The van der Waals surface area contributed by atoms with E-state index in [0.717, 1.165) is 5.75 Å². The molecule has 1 atom stereocenters. The van der Waals surface area contributed by atoms with Crippen molar-refractivity contribution in [3.63, 3.8) is 0 Å². The van der Waals surface area contributed by atoms with Crippen LogP contribution in [0.1, 0.15) is 12.5 Å². The van der Waals surface area contributed by atoms with Gasteiger partial charge in [-0.25, -0.2) is 0 Å². The predicted octanol–water partition coefficient (Wildman–Crippen LogP) is 2.89. The fourth-order valence-corrected chi connectivity index (χ4v) is 5.60. The van der Waals surface area contributed by atoms with Crippen LogP contribution in [0, 0.1) is 6.92 Å². The van der Waals surface area contributed by atoms with Gasteiger partial charge >= 0.3 is 0 Å². The second-order valence-corrected chi connectivity index (χ2v) is 8.76. The van der Waals surface area contributed by atoms with Crippen molar-refractivity contribution in [1.82, 2.24) is 0 Å². The van der Waals surface area contributed by atoms with E-state index in [4.69, 9.17) is 4.89 Å². The zero-order valence-corrected chi connectivity index (χ0v) is 13.9. The van der Waals surface area contributed by atoms with Gasteiger partial charge in [0.25, 0.3) is 10.1 Å². The lowest BCUT2D eigenvalue weighted by atomic mass is 10.2. The van der Waals surface area contributed by atoms with Gasteiger partial charge in [-0.15, -0.1) is 0 Å². The summed E-state index contributed by atoms with van der Waals surface area (Å²) in [6, 6.07) is 5.12. The van der Waals surface area contributed by atoms with Gasteiger partial charge in [-0.3, -0.25) is 8.75 Å². The van der Waals surface area contributed by atoms with Gasteiger partial charge < -0.3 is 4.89 Å². The van der Waals surface area contributed by atoms with Crippen molar-refractivity contribution in [2.24, 2.45) is 0 Å². The van der Waals surface area contributed by atoms with E-state index in [2.05, 4.69) is 4.18 Å². The third-order valence-corrected chi connectivity index (χ3v) is 6.70. The first kappa shape index (κ1) is 17.1. The van der Waals surface area contributed by atoms with Crippen molar-refractivity contribution in [3.8, 4) is 0 Å². The molecule has 0 aliphatic rings. The molecular formula is C10H15O5PS3. The first-order valence-electron chi connectivity index (χ1n) is 5.38. The highest BCUT2D eigenvalue weighted by Gasteiger charge is 2.23. The van der Waals surface area contributed by atoms with Gasteiger partial charge in [-0.05, 0) is 18.6 Å². The predicted molar refractivity (Wildman–Crippen MR) is 79.5 cm³/mol. The summed E-state index contributed by atoms with van der Waals surface area (Å²) < 4.78 is 39.3. The monoisotopic (exact) mass is 342 g/mol. The van der Waals surface area contributed by atoms with E-state index in [-0.39, 0.29) is 4.90 Å². The Bertz CT molecular complexity index is 558. The third-order valence-electron chi connectivity index (χ3n) is 2.03. The summed E-state index contributed by atoms with van der Waals surface area (Å²) in [5.74, 6) is 0.837. The first-order chi connectivity index (χ1) is 8.88. The molecular weight excluding hydrogens is 327 g/mol. The maximum atomic E-state index is 12.1. The van der Waals surface area contributed by atoms with Crippen molar-refractivity contribution in [2.75, 3.05) is 12.1 Å². The highest BCUT2D eigenvalue weighted by molar-refractivity contribution is 8.76. The summed E-state index contributed by atoms with van der Waals surface area (Å²) in [5.41, 5.74) is 0.555. The summed E-state index contributed by atoms with van der Waals surface area (Å²) >= 11 is 0. The number of hydrogen-bond donors (Lipinski definition) is 1. The minimum absolute atomic E-state index is 0.0733. The van der Waals surface area contributed by atoms with Gasteiger partial charge in [0.15, 0.2) is 0 Å². The molecule has 1 unspecified atom stereocenters. The van der Waals surface area contributed by atoms with Crippen molar-refractivity contribution in [1.29, 1.82) is 0 Å². The standard InChI is InChI=1S/C10H15O5PS3/c1-3-17-18-9-6-4-5-8(2)10(9)19(13,14)15-7-16(11)12/h4-6,16H,3,7H2,1-2H3,(H,11,12). The Morgan fingerprint density at radius 2 is 2.11 bits per heavy atom. The van der Waals surface area contributed by atoms with E-state index < -0.39 is 24.5 Å². The van der Waals surface area contributed by atoms with Crippen molar-refractivity contribution in [2.45, 2.75) is 23.6 Å². The molecule has 19 heavy (non-hydrogen) atoms. The molecule has 0 amide bonds. The molecule has 0 saturated heterocycles. The normalized spacial score (nSPS) is 13.4. The number of hydrogen-bond acceptors (Lipinski definition) is 6. The molecule has 0 spiro atoms. The number of rotatable bonds is 7. The molecule has 9 heteroatoms. The third kappa shape index (κ3) is 5.13. The zero-order chi connectivity index (χ0) is 14.5. The fourth-order valence-electron chi connectivity index (χ4n) is 1.32. The van der Waals surface area contributed by atoms with Crippen LogP contribution in [0.5, 0.6) is 0 Å².